The average Bonchev–Trinajstić information content (AvgIpc) is 2.77. The lowest BCUT2D eigenvalue weighted by atomic mass is 10.2. The molecule has 0 saturated heterocycles. The summed E-state index contributed by atoms with van der Waals surface area (Å²) in [6.07, 6.45) is 0. The maximum atomic E-state index is 11.8. The van der Waals surface area contributed by atoms with Gasteiger partial charge >= 0.3 is 12.0 Å². The molecule has 1 aromatic rings. The van der Waals surface area contributed by atoms with E-state index in [9.17, 15) is 14.4 Å². The van der Waals surface area contributed by atoms with Crippen LogP contribution in [0.25, 0.3) is 0 Å². The molecule has 0 saturated carbocycles. The van der Waals surface area contributed by atoms with E-state index in [-0.39, 0.29) is 24.8 Å². The molecule has 21 heavy (non-hydrogen) atoms. The van der Waals surface area contributed by atoms with E-state index < -0.39 is 17.9 Å². The number of nitrogens with zero attached hydrogens (tertiary/aromatic N) is 3. The van der Waals surface area contributed by atoms with Gasteiger partial charge in [-0.25, -0.2) is 14.3 Å². The van der Waals surface area contributed by atoms with Gasteiger partial charge in [-0.1, -0.05) is 19.1 Å². The molecule has 0 spiro atoms. The van der Waals surface area contributed by atoms with E-state index >= 15 is 0 Å². The van der Waals surface area contributed by atoms with Crippen LogP contribution in [-0.4, -0.2) is 46.6 Å². The third kappa shape index (κ3) is 4.86. The van der Waals surface area contributed by atoms with Gasteiger partial charge in [0.2, 0.25) is 5.91 Å². The van der Waals surface area contributed by atoms with Gasteiger partial charge in [0.1, 0.15) is 6.54 Å². The molecule has 0 aliphatic rings. The monoisotopic (exact) mass is 297 g/mol. The first-order chi connectivity index (χ1) is 9.85. The molecule has 0 aliphatic carbocycles. The van der Waals surface area contributed by atoms with Crippen molar-refractivity contribution in [1.82, 2.24) is 25.6 Å². The normalized spacial score (nSPS) is 10.3. The Morgan fingerprint density at radius 1 is 1.33 bits per heavy atom. The van der Waals surface area contributed by atoms with Crippen molar-refractivity contribution < 1.29 is 19.1 Å². The second kappa shape index (κ2) is 7.36. The van der Waals surface area contributed by atoms with Gasteiger partial charge in [-0.2, -0.15) is 0 Å². The largest absolute Gasteiger partial charge is 0.461 e. The predicted molar refractivity (Wildman–Crippen MR) is 72.5 cm³/mol. The zero-order chi connectivity index (χ0) is 16.0. The number of carbonyl (C=O) groups excluding carboxylic acids is 3. The van der Waals surface area contributed by atoms with E-state index in [4.69, 9.17) is 4.74 Å². The SMILES string of the molecule is CNC(=O)NC(=O)Cn1nnc(C(=O)OCC(C)C)c1C. The summed E-state index contributed by atoms with van der Waals surface area (Å²) < 4.78 is 6.28. The summed E-state index contributed by atoms with van der Waals surface area (Å²) in [6.45, 7) is 5.49. The fraction of sp³-hybridized carbons (Fsp3) is 0.583. The van der Waals surface area contributed by atoms with Crippen LogP contribution in [0.2, 0.25) is 0 Å². The van der Waals surface area contributed by atoms with Crippen LogP contribution in [0.15, 0.2) is 0 Å². The van der Waals surface area contributed by atoms with Crippen LogP contribution < -0.4 is 10.6 Å². The zero-order valence-corrected chi connectivity index (χ0v) is 12.5. The lowest BCUT2D eigenvalue weighted by molar-refractivity contribution is -0.120. The number of carbonyl (C=O) groups is 3. The minimum Gasteiger partial charge on any atom is -0.461 e. The second-order valence-electron chi connectivity index (χ2n) is 4.80. The number of amides is 3. The van der Waals surface area contributed by atoms with Crippen LogP contribution >= 0.6 is 0 Å². The molecule has 0 bridgehead atoms. The van der Waals surface area contributed by atoms with E-state index in [1.807, 2.05) is 13.8 Å². The summed E-state index contributed by atoms with van der Waals surface area (Å²) in [5, 5.41) is 11.8. The lowest BCUT2D eigenvalue weighted by Crippen LogP contribution is -2.39. The number of rotatable bonds is 5. The van der Waals surface area contributed by atoms with Gasteiger partial charge in [0.25, 0.3) is 0 Å². The molecule has 0 fully saturated rings. The number of ether oxygens (including phenoxy) is 1. The number of esters is 1. The Bertz CT molecular complexity index is 538. The molecule has 2 N–H and O–H groups in total. The fourth-order valence-electron chi connectivity index (χ4n) is 1.37. The van der Waals surface area contributed by atoms with Crippen LogP contribution in [0.5, 0.6) is 0 Å². The first-order valence-electron chi connectivity index (χ1n) is 6.44. The minimum atomic E-state index is -0.616. The number of hydrogen-bond acceptors (Lipinski definition) is 6. The van der Waals surface area contributed by atoms with Gasteiger partial charge in [0.05, 0.1) is 12.3 Å². The number of imide groups is 1. The molecule has 1 aromatic heterocycles. The summed E-state index contributed by atoms with van der Waals surface area (Å²) in [4.78, 5) is 34.3. The van der Waals surface area contributed by atoms with Crippen LogP contribution in [-0.2, 0) is 16.1 Å². The fourth-order valence-corrected chi connectivity index (χ4v) is 1.37. The highest BCUT2D eigenvalue weighted by atomic mass is 16.5. The van der Waals surface area contributed by atoms with Gasteiger partial charge in [0.15, 0.2) is 5.69 Å². The summed E-state index contributed by atoms with van der Waals surface area (Å²) >= 11 is 0. The molecule has 0 unspecified atom stereocenters. The summed E-state index contributed by atoms with van der Waals surface area (Å²) in [5.74, 6) is -0.939. The Balaban J connectivity index is 2.69. The second-order valence-corrected chi connectivity index (χ2v) is 4.80. The smallest absolute Gasteiger partial charge is 0.360 e. The van der Waals surface area contributed by atoms with Crippen molar-refractivity contribution in [2.75, 3.05) is 13.7 Å². The highest BCUT2D eigenvalue weighted by Crippen LogP contribution is 2.06. The topological polar surface area (TPSA) is 115 Å². The molecule has 9 heteroatoms. The van der Waals surface area contributed by atoms with Crippen molar-refractivity contribution in [3.63, 3.8) is 0 Å². The third-order valence-electron chi connectivity index (χ3n) is 2.50. The molecule has 3 amide bonds. The predicted octanol–water partition coefficient (Wildman–Crippen LogP) is -0.145. The molecule has 1 rings (SSSR count). The number of hydrogen-bond donors (Lipinski definition) is 2. The summed E-state index contributed by atoms with van der Waals surface area (Å²) in [6, 6.07) is -0.616. The van der Waals surface area contributed by atoms with E-state index in [2.05, 4.69) is 20.9 Å². The number of aromatic nitrogens is 3. The third-order valence-corrected chi connectivity index (χ3v) is 2.50. The molecule has 0 aromatic carbocycles. The maximum absolute atomic E-state index is 11.8. The molecule has 0 aliphatic heterocycles. The summed E-state index contributed by atoms with van der Waals surface area (Å²) in [5.41, 5.74) is 0.458. The highest BCUT2D eigenvalue weighted by molar-refractivity contribution is 5.94. The quantitative estimate of drug-likeness (QED) is 0.731. The van der Waals surface area contributed by atoms with Crippen molar-refractivity contribution in [3.8, 4) is 0 Å². The van der Waals surface area contributed by atoms with Gasteiger partial charge < -0.3 is 10.1 Å². The number of urea groups is 1. The molecular formula is C12H19N5O4. The van der Waals surface area contributed by atoms with Crippen molar-refractivity contribution in [2.24, 2.45) is 5.92 Å². The molecule has 9 nitrogen and oxygen atoms in total. The van der Waals surface area contributed by atoms with Crippen molar-refractivity contribution >= 4 is 17.9 Å². The van der Waals surface area contributed by atoms with Crippen molar-refractivity contribution in [3.05, 3.63) is 11.4 Å². The Hall–Kier alpha value is -2.45. The van der Waals surface area contributed by atoms with E-state index in [1.165, 1.54) is 11.7 Å². The maximum Gasteiger partial charge on any atom is 0.360 e. The lowest BCUT2D eigenvalue weighted by Gasteiger charge is -2.06. The molecule has 0 atom stereocenters. The summed E-state index contributed by atoms with van der Waals surface area (Å²) in [7, 11) is 1.40. The van der Waals surface area contributed by atoms with Gasteiger partial charge in [0, 0.05) is 7.05 Å². The van der Waals surface area contributed by atoms with Gasteiger partial charge in [-0.3, -0.25) is 10.1 Å². The minimum absolute atomic E-state index is 0.0587. The highest BCUT2D eigenvalue weighted by Gasteiger charge is 2.19. The Labute approximate surface area is 122 Å². The van der Waals surface area contributed by atoms with Crippen molar-refractivity contribution in [2.45, 2.75) is 27.3 Å². The zero-order valence-electron chi connectivity index (χ0n) is 12.5. The van der Waals surface area contributed by atoms with Crippen LogP contribution in [0.3, 0.4) is 0 Å². The van der Waals surface area contributed by atoms with E-state index in [1.54, 1.807) is 6.92 Å². The van der Waals surface area contributed by atoms with Crippen molar-refractivity contribution in [1.29, 1.82) is 0 Å². The van der Waals surface area contributed by atoms with Crippen LogP contribution in [0.4, 0.5) is 4.79 Å². The average molecular weight is 297 g/mol. The molecular weight excluding hydrogens is 278 g/mol. The number of nitrogens with one attached hydrogen (secondary N) is 2. The Kier molecular flexibility index (Phi) is 5.82. The Morgan fingerprint density at radius 2 is 2.00 bits per heavy atom. The van der Waals surface area contributed by atoms with Crippen LogP contribution in [0.1, 0.15) is 30.0 Å². The molecule has 1 heterocycles. The van der Waals surface area contributed by atoms with Gasteiger partial charge in [-0.05, 0) is 12.8 Å². The van der Waals surface area contributed by atoms with Crippen LogP contribution in [0, 0.1) is 12.8 Å². The Morgan fingerprint density at radius 3 is 2.57 bits per heavy atom. The molecule has 116 valence electrons. The van der Waals surface area contributed by atoms with E-state index in [0.717, 1.165) is 0 Å². The first-order valence-corrected chi connectivity index (χ1v) is 6.44. The van der Waals surface area contributed by atoms with Gasteiger partial charge in [-0.15, -0.1) is 5.10 Å². The van der Waals surface area contributed by atoms with E-state index in [0.29, 0.717) is 5.69 Å². The first kappa shape index (κ1) is 16.6. The molecule has 0 radical (unpaired) electrons. The standard InChI is InChI=1S/C12H19N5O4/c1-7(2)6-21-11(19)10-8(3)17(16-15-10)5-9(18)14-12(20)13-4/h7H,5-6H2,1-4H3,(H2,13,14,18,20).